The molecule has 0 unspecified atom stereocenters. The van der Waals surface area contributed by atoms with Gasteiger partial charge in [0.2, 0.25) is 0 Å². The summed E-state index contributed by atoms with van der Waals surface area (Å²) in [6.07, 6.45) is -1.45. The van der Waals surface area contributed by atoms with Gasteiger partial charge in [-0.2, -0.15) is 0 Å². The number of aliphatic hydroxyl groups is 1. The molecule has 0 atom stereocenters. The highest BCUT2D eigenvalue weighted by atomic mass is 19.3. The Kier molecular flexibility index (Phi) is 3.35. The summed E-state index contributed by atoms with van der Waals surface area (Å²) in [5, 5.41) is 8.94. The molecule has 1 N–H and O–H groups in total. The van der Waals surface area contributed by atoms with Gasteiger partial charge in [-0.15, -0.1) is 0 Å². The van der Waals surface area contributed by atoms with Gasteiger partial charge in [-0.3, -0.25) is 4.98 Å². The third-order valence-electron chi connectivity index (χ3n) is 2.04. The van der Waals surface area contributed by atoms with Crippen LogP contribution in [-0.2, 0) is 6.61 Å². The van der Waals surface area contributed by atoms with Crippen LogP contribution in [0.3, 0.4) is 0 Å². The average Bonchev–Trinajstić information content (AvgIpc) is 2.17. The Hall–Kier alpha value is -1.23. The van der Waals surface area contributed by atoms with E-state index in [2.05, 4.69) is 4.98 Å². The van der Waals surface area contributed by atoms with Gasteiger partial charge >= 0.3 is 0 Å². The fraction of sp³-hybridized carbons (Fsp3) is 0.444. The molecular formula is C9H11F2NO2. The third kappa shape index (κ3) is 1.82. The van der Waals surface area contributed by atoms with Crippen molar-refractivity contribution in [1.82, 2.24) is 4.98 Å². The summed E-state index contributed by atoms with van der Waals surface area (Å²) in [7, 11) is 1.42. The van der Waals surface area contributed by atoms with Crippen LogP contribution in [0, 0.1) is 6.92 Å². The van der Waals surface area contributed by atoms with E-state index >= 15 is 0 Å². The van der Waals surface area contributed by atoms with Crippen molar-refractivity contribution in [2.45, 2.75) is 20.0 Å². The van der Waals surface area contributed by atoms with Crippen molar-refractivity contribution in [2.75, 3.05) is 7.11 Å². The van der Waals surface area contributed by atoms with Gasteiger partial charge in [-0.05, 0) is 6.92 Å². The topological polar surface area (TPSA) is 42.4 Å². The van der Waals surface area contributed by atoms with Crippen LogP contribution in [0.5, 0.6) is 5.75 Å². The number of rotatable bonds is 3. The van der Waals surface area contributed by atoms with Crippen LogP contribution < -0.4 is 4.74 Å². The Labute approximate surface area is 80.3 Å². The molecule has 0 aromatic carbocycles. The first-order chi connectivity index (χ1) is 6.61. The minimum absolute atomic E-state index is 0.138. The second kappa shape index (κ2) is 4.32. The summed E-state index contributed by atoms with van der Waals surface area (Å²) in [5.41, 5.74) is 0.255. The first kappa shape index (κ1) is 10.8. The van der Waals surface area contributed by atoms with Gasteiger partial charge in [0, 0.05) is 11.1 Å². The van der Waals surface area contributed by atoms with Gasteiger partial charge in [0.05, 0.1) is 19.9 Å². The molecule has 0 aliphatic heterocycles. The minimum atomic E-state index is -2.68. The summed E-state index contributed by atoms with van der Waals surface area (Å²) >= 11 is 0. The standard InChI is InChI=1S/C9H11F2NO2/c1-5-6(4-13)8(9(10)11)12-3-7(5)14-2/h3,9,13H,4H2,1-2H3. The lowest BCUT2D eigenvalue weighted by Crippen LogP contribution is -2.03. The number of hydrogen-bond donors (Lipinski definition) is 1. The van der Waals surface area contributed by atoms with Gasteiger partial charge in [0.15, 0.2) is 0 Å². The Morgan fingerprint density at radius 1 is 1.57 bits per heavy atom. The van der Waals surface area contributed by atoms with E-state index in [1.807, 2.05) is 0 Å². The van der Waals surface area contributed by atoms with E-state index in [4.69, 9.17) is 9.84 Å². The first-order valence-electron chi connectivity index (χ1n) is 4.03. The zero-order valence-electron chi connectivity index (χ0n) is 7.92. The number of alkyl halides is 2. The Bertz CT molecular complexity index is 329. The predicted molar refractivity (Wildman–Crippen MR) is 46.4 cm³/mol. The van der Waals surface area contributed by atoms with Gasteiger partial charge in [-0.25, -0.2) is 8.78 Å². The van der Waals surface area contributed by atoms with E-state index in [1.54, 1.807) is 6.92 Å². The van der Waals surface area contributed by atoms with E-state index < -0.39 is 13.0 Å². The maximum Gasteiger partial charge on any atom is 0.280 e. The zero-order valence-corrected chi connectivity index (χ0v) is 7.92. The molecule has 78 valence electrons. The summed E-state index contributed by atoms with van der Waals surface area (Å²) < 4.78 is 29.7. The molecule has 1 aromatic heterocycles. The summed E-state index contributed by atoms with van der Waals surface area (Å²) in [4.78, 5) is 3.55. The molecule has 0 aliphatic carbocycles. The first-order valence-corrected chi connectivity index (χ1v) is 4.03. The number of aromatic nitrogens is 1. The van der Waals surface area contributed by atoms with Crippen LogP contribution in [0.15, 0.2) is 6.20 Å². The Balaban J connectivity index is 3.28. The average molecular weight is 203 g/mol. The molecule has 14 heavy (non-hydrogen) atoms. The van der Waals surface area contributed by atoms with Gasteiger partial charge < -0.3 is 9.84 Å². The van der Waals surface area contributed by atoms with Crippen molar-refractivity contribution in [3.05, 3.63) is 23.0 Å². The lowest BCUT2D eigenvalue weighted by Gasteiger charge is -2.11. The second-order valence-electron chi connectivity index (χ2n) is 2.77. The molecule has 0 aliphatic rings. The molecule has 0 radical (unpaired) electrons. The second-order valence-corrected chi connectivity index (χ2v) is 2.77. The summed E-state index contributed by atoms with van der Waals surface area (Å²) in [6.45, 7) is 1.15. The van der Waals surface area contributed by atoms with Gasteiger partial charge in [0.1, 0.15) is 11.4 Å². The smallest absolute Gasteiger partial charge is 0.280 e. The van der Waals surface area contributed by atoms with Crippen molar-refractivity contribution in [3.63, 3.8) is 0 Å². The molecule has 1 rings (SSSR count). The number of halogens is 2. The number of hydrogen-bond acceptors (Lipinski definition) is 3. The number of ether oxygens (including phenoxy) is 1. The quantitative estimate of drug-likeness (QED) is 0.814. The lowest BCUT2D eigenvalue weighted by atomic mass is 10.1. The third-order valence-corrected chi connectivity index (χ3v) is 2.04. The van der Waals surface area contributed by atoms with E-state index in [0.29, 0.717) is 11.3 Å². The zero-order chi connectivity index (χ0) is 10.7. The molecule has 0 saturated carbocycles. The van der Waals surface area contributed by atoms with Crippen LogP contribution in [0.25, 0.3) is 0 Å². The minimum Gasteiger partial charge on any atom is -0.495 e. The van der Waals surface area contributed by atoms with Crippen molar-refractivity contribution in [3.8, 4) is 5.75 Å². The lowest BCUT2D eigenvalue weighted by molar-refractivity contribution is 0.141. The van der Waals surface area contributed by atoms with Crippen LogP contribution in [0.1, 0.15) is 23.2 Å². The van der Waals surface area contributed by atoms with E-state index in [-0.39, 0.29) is 11.3 Å². The Morgan fingerprint density at radius 2 is 2.21 bits per heavy atom. The van der Waals surface area contributed by atoms with Crippen LogP contribution in [0.2, 0.25) is 0 Å². The van der Waals surface area contributed by atoms with Crippen LogP contribution in [0.4, 0.5) is 8.78 Å². The van der Waals surface area contributed by atoms with E-state index in [9.17, 15) is 8.78 Å². The Morgan fingerprint density at radius 3 is 2.64 bits per heavy atom. The van der Waals surface area contributed by atoms with Crippen molar-refractivity contribution in [1.29, 1.82) is 0 Å². The van der Waals surface area contributed by atoms with E-state index in [1.165, 1.54) is 13.3 Å². The fourth-order valence-electron chi connectivity index (χ4n) is 1.24. The number of methoxy groups -OCH3 is 1. The molecular weight excluding hydrogens is 192 g/mol. The predicted octanol–water partition coefficient (Wildman–Crippen LogP) is 1.83. The number of aliphatic hydroxyl groups excluding tert-OH is 1. The largest absolute Gasteiger partial charge is 0.495 e. The molecule has 3 nitrogen and oxygen atoms in total. The highest BCUT2D eigenvalue weighted by Gasteiger charge is 2.18. The molecule has 0 bridgehead atoms. The summed E-state index contributed by atoms with van der Waals surface area (Å²) in [6, 6.07) is 0. The maximum atomic E-state index is 12.4. The molecule has 0 fully saturated rings. The van der Waals surface area contributed by atoms with E-state index in [0.717, 1.165) is 0 Å². The highest BCUT2D eigenvalue weighted by molar-refractivity contribution is 5.39. The number of nitrogens with zero attached hydrogens (tertiary/aromatic N) is 1. The maximum absolute atomic E-state index is 12.4. The molecule has 0 saturated heterocycles. The number of pyridine rings is 1. The molecule has 1 heterocycles. The molecule has 0 amide bonds. The molecule has 0 spiro atoms. The SMILES string of the molecule is COc1cnc(C(F)F)c(CO)c1C. The van der Waals surface area contributed by atoms with Gasteiger partial charge in [-0.1, -0.05) is 0 Å². The van der Waals surface area contributed by atoms with Crippen LogP contribution >= 0.6 is 0 Å². The highest BCUT2D eigenvalue weighted by Crippen LogP contribution is 2.28. The van der Waals surface area contributed by atoms with Gasteiger partial charge in [0.25, 0.3) is 6.43 Å². The normalized spacial score (nSPS) is 10.7. The van der Waals surface area contributed by atoms with Crippen molar-refractivity contribution >= 4 is 0 Å². The fourth-order valence-corrected chi connectivity index (χ4v) is 1.24. The summed E-state index contributed by atoms with van der Waals surface area (Å²) in [5.74, 6) is 0.401. The molecule has 5 heteroatoms. The van der Waals surface area contributed by atoms with Crippen LogP contribution in [-0.4, -0.2) is 17.2 Å². The van der Waals surface area contributed by atoms with Crippen molar-refractivity contribution in [2.24, 2.45) is 0 Å². The van der Waals surface area contributed by atoms with Crippen molar-refractivity contribution < 1.29 is 18.6 Å². The monoisotopic (exact) mass is 203 g/mol. The molecule has 1 aromatic rings.